The maximum atomic E-state index is 10.6. The highest BCUT2D eigenvalue weighted by atomic mass is 16.6. The number of nitro benzene ring substituents is 2. The number of nitro groups is 2. The SMILES string of the molecule is O=[N+]([O-])c1ccc(OCc2nc(-c3ccc([N+](=O)[O-])cc3)n[nH]2)cc1. The van der Waals surface area contributed by atoms with Crippen LogP contribution in [0.25, 0.3) is 11.4 Å². The zero-order valence-corrected chi connectivity index (χ0v) is 12.7. The number of ether oxygens (including phenoxy) is 1. The maximum absolute atomic E-state index is 10.6. The quantitative estimate of drug-likeness (QED) is 0.537. The summed E-state index contributed by atoms with van der Waals surface area (Å²) in [5.74, 6) is 1.29. The molecular weight excluding hydrogens is 330 g/mol. The lowest BCUT2D eigenvalue weighted by molar-refractivity contribution is -0.385. The van der Waals surface area contributed by atoms with Gasteiger partial charge in [-0.2, -0.15) is 5.10 Å². The van der Waals surface area contributed by atoms with Crippen LogP contribution >= 0.6 is 0 Å². The highest BCUT2D eigenvalue weighted by molar-refractivity contribution is 5.56. The molecule has 0 radical (unpaired) electrons. The van der Waals surface area contributed by atoms with Crippen LogP contribution in [0.4, 0.5) is 11.4 Å². The van der Waals surface area contributed by atoms with Gasteiger partial charge in [0.1, 0.15) is 12.4 Å². The van der Waals surface area contributed by atoms with Crippen molar-refractivity contribution in [2.24, 2.45) is 0 Å². The summed E-state index contributed by atoms with van der Waals surface area (Å²) in [4.78, 5) is 24.5. The van der Waals surface area contributed by atoms with E-state index < -0.39 is 9.85 Å². The van der Waals surface area contributed by atoms with E-state index in [1.807, 2.05) is 0 Å². The van der Waals surface area contributed by atoms with Gasteiger partial charge in [-0.05, 0) is 24.3 Å². The zero-order valence-electron chi connectivity index (χ0n) is 12.7. The Labute approximate surface area is 140 Å². The topological polar surface area (TPSA) is 137 Å². The van der Waals surface area contributed by atoms with Gasteiger partial charge >= 0.3 is 0 Å². The molecule has 3 aromatic rings. The second-order valence-electron chi connectivity index (χ2n) is 4.95. The van der Waals surface area contributed by atoms with Crippen LogP contribution in [0, 0.1) is 20.2 Å². The number of rotatable bonds is 6. The van der Waals surface area contributed by atoms with E-state index in [1.165, 1.54) is 36.4 Å². The van der Waals surface area contributed by atoms with Gasteiger partial charge < -0.3 is 4.74 Å². The molecule has 0 spiro atoms. The largest absolute Gasteiger partial charge is 0.486 e. The Morgan fingerprint density at radius 1 is 0.920 bits per heavy atom. The summed E-state index contributed by atoms with van der Waals surface area (Å²) in [5.41, 5.74) is 0.594. The predicted molar refractivity (Wildman–Crippen MR) is 85.9 cm³/mol. The fourth-order valence-electron chi connectivity index (χ4n) is 2.04. The Kier molecular flexibility index (Phi) is 4.33. The summed E-state index contributed by atoms with van der Waals surface area (Å²) in [6.45, 7) is 0.0950. The van der Waals surface area contributed by atoms with Crippen molar-refractivity contribution in [2.45, 2.75) is 6.61 Å². The van der Waals surface area contributed by atoms with Gasteiger partial charge in [0.05, 0.1) is 9.85 Å². The summed E-state index contributed by atoms with van der Waals surface area (Å²) in [7, 11) is 0. The number of nitrogens with one attached hydrogen (secondary N) is 1. The van der Waals surface area contributed by atoms with Crippen molar-refractivity contribution in [1.29, 1.82) is 0 Å². The molecule has 1 heterocycles. The minimum atomic E-state index is -0.489. The molecular formula is C15H11N5O5. The van der Waals surface area contributed by atoms with Crippen LogP contribution in [-0.4, -0.2) is 25.0 Å². The van der Waals surface area contributed by atoms with Crippen LogP contribution in [0.1, 0.15) is 5.82 Å². The molecule has 1 aromatic heterocycles. The van der Waals surface area contributed by atoms with Crippen LogP contribution in [0.15, 0.2) is 48.5 Å². The van der Waals surface area contributed by atoms with Crippen molar-refractivity contribution < 1.29 is 14.6 Å². The first kappa shape index (κ1) is 16.1. The van der Waals surface area contributed by atoms with Crippen LogP contribution < -0.4 is 4.74 Å². The van der Waals surface area contributed by atoms with Gasteiger partial charge in [-0.25, -0.2) is 4.98 Å². The number of hydrogen-bond acceptors (Lipinski definition) is 7. The number of nitrogens with zero attached hydrogens (tertiary/aromatic N) is 4. The van der Waals surface area contributed by atoms with Gasteiger partial charge in [0, 0.05) is 29.8 Å². The third-order valence-corrected chi connectivity index (χ3v) is 3.29. The minimum absolute atomic E-state index is 0.0130. The summed E-state index contributed by atoms with van der Waals surface area (Å²) in [6.07, 6.45) is 0. The Balaban J connectivity index is 1.65. The fourth-order valence-corrected chi connectivity index (χ4v) is 2.04. The van der Waals surface area contributed by atoms with Gasteiger partial charge in [-0.1, -0.05) is 0 Å². The number of hydrogen-bond donors (Lipinski definition) is 1. The molecule has 0 aliphatic carbocycles. The molecule has 0 aliphatic heterocycles. The van der Waals surface area contributed by atoms with E-state index in [2.05, 4.69) is 15.2 Å². The number of aromatic nitrogens is 3. The second kappa shape index (κ2) is 6.74. The summed E-state index contributed by atoms with van der Waals surface area (Å²) in [6, 6.07) is 11.5. The van der Waals surface area contributed by atoms with Crippen LogP contribution in [0.2, 0.25) is 0 Å². The van der Waals surface area contributed by atoms with E-state index in [1.54, 1.807) is 12.1 Å². The molecule has 1 N–H and O–H groups in total. The van der Waals surface area contributed by atoms with Crippen molar-refractivity contribution in [1.82, 2.24) is 15.2 Å². The van der Waals surface area contributed by atoms with Gasteiger partial charge in [0.15, 0.2) is 11.6 Å². The third kappa shape index (κ3) is 3.75. The Morgan fingerprint density at radius 3 is 2.04 bits per heavy atom. The highest BCUT2D eigenvalue weighted by Gasteiger charge is 2.10. The van der Waals surface area contributed by atoms with Crippen molar-refractivity contribution in [3.05, 3.63) is 74.6 Å². The normalized spacial score (nSPS) is 10.4. The molecule has 126 valence electrons. The predicted octanol–water partition coefficient (Wildman–Crippen LogP) is 2.87. The minimum Gasteiger partial charge on any atom is -0.486 e. The first-order valence-electron chi connectivity index (χ1n) is 7.06. The van der Waals surface area contributed by atoms with E-state index in [0.717, 1.165) is 0 Å². The molecule has 0 unspecified atom stereocenters. The lowest BCUT2D eigenvalue weighted by Gasteiger charge is -2.02. The van der Waals surface area contributed by atoms with E-state index in [0.29, 0.717) is 23.0 Å². The van der Waals surface area contributed by atoms with E-state index in [4.69, 9.17) is 4.74 Å². The maximum Gasteiger partial charge on any atom is 0.269 e. The highest BCUT2D eigenvalue weighted by Crippen LogP contribution is 2.20. The van der Waals surface area contributed by atoms with E-state index in [-0.39, 0.29) is 18.0 Å². The van der Waals surface area contributed by atoms with E-state index >= 15 is 0 Å². The summed E-state index contributed by atoms with van der Waals surface area (Å²) >= 11 is 0. The van der Waals surface area contributed by atoms with Crippen LogP contribution in [0.5, 0.6) is 5.75 Å². The molecule has 0 amide bonds. The first-order chi connectivity index (χ1) is 12.0. The van der Waals surface area contributed by atoms with Crippen molar-refractivity contribution >= 4 is 11.4 Å². The summed E-state index contributed by atoms with van der Waals surface area (Å²) < 4.78 is 5.48. The zero-order chi connectivity index (χ0) is 17.8. The Hall–Kier alpha value is -3.82. The van der Waals surface area contributed by atoms with Gasteiger partial charge in [0.2, 0.25) is 0 Å². The molecule has 0 saturated carbocycles. The summed E-state index contributed by atoms with van der Waals surface area (Å²) in [5, 5.41) is 28.0. The standard InChI is InChI=1S/C15H11N5O5/c21-19(22)11-3-1-10(2-4-11)15-16-14(17-18-15)9-25-13-7-5-12(6-8-13)20(23)24/h1-8H,9H2,(H,16,17,18). The van der Waals surface area contributed by atoms with Crippen molar-refractivity contribution in [3.63, 3.8) is 0 Å². The molecule has 0 saturated heterocycles. The van der Waals surface area contributed by atoms with Gasteiger partial charge in [0.25, 0.3) is 11.4 Å². The van der Waals surface area contributed by atoms with E-state index in [9.17, 15) is 20.2 Å². The number of benzene rings is 2. The van der Waals surface area contributed by atoms with Crippen molar-refractivity contribution in [2.75, 3.05) is 0 Å². The molecule has 0 bridgehead atoms. The number of H-pyrrole nitrogens is 1. The molecule has 2 aromatic carbocycles. The van der Waals surface area contributed by atoms with Crippen molar-refractivity contribution in [3.8, 4) is 17.1 Å². The molecule has 3 rings (SSSR count). The molecule has 0 atom stereocenters. The van der Waals surface area contributed by atoms with Crippen LogP contribution in [-0.2, 0) is 6.61 Å². The number of aromatic amines is 1. The molecule has 0 fully saturated rings. The average molecular weight is 341 g/mol. The first-order valence-corrected chi connectivity index (χ1v) is 7.06. The molecule has 10 nitrogen and oxygen atoms in total. The van der Waals surface area contributed by atoms with Gasteiger partial charge in [-0.3, -0.25) is 25.3 Å². The van der Waals surface area contributed by atoms with Crippen LogP contribution in [0.3, 0.4) is 0 Å². The third-order valence-electron chi connectivity index (χ3n) is 3.29. The monoisotopic (exact) mass is 341 g/mol. The molecule has 10 heteroatoms. The Morgan fingerprint density at radius 2 is 1.48 bits per heavy atom. The second-order valence-corrected chi connectivity index (χ2v) is 4.95. The molecule has 25 heavy (non-hydrogen) atoms. The van der Waals surface area contributed by atoms with Gasteiger partial charge in [-0.15, -0.1) is 0 Å². The average Bonchev–Trinajstić information content (AvgIpc) is 3.09. The molecule has 0 aliphatic rings. The lowest BCUT2D eigenvalue weighted by Crippen LogP contribution is -1.98. The number of non-ortho nitro benzene ring substituents is 2. The smallest absolute Gasteiger partial charge is 0.269 e. The fraction of sp³-hybridized carbons (Fsp3) is 0.0667. The lowest BCUT2D eigenvalue weighted by atomic mass is 10.2. The Bertz CT molecular complexity index is 905.